The Morgan fingerprint density at radius 2 is 1.84 bits per heavy atom. The van der Waals surface area contributed by atoms with E-state index in [4.69, 9.17) is 14.6 Å². The van der Waals surface area contributed by atoms with Crippen LogP contribution in [0.3, 0.4) is 0 Å². The number of carboxylic acids is 1. The van der Waals surface area contributed by atoms with Crippen molar-refractivity contribution in [1.29, 1.82) is 0 Å². The average molecular weight is 446 g/mol. The first kappa shape index (κ1) is 26.6. The first-order valence-electron chi connectivity index (χ1n) is 10.7. The number of nitrogens with one attached hydrogen (secondary N) is 1. The van der Waals surface area contributed by atoms with Crippen LogP contribution in [-0.2, 0) is 20.9 Å². The summed E-state index contributed by atoms with van der Waals surface area (Å²) in [5, 5.41) is 8.71. The molecule has 0 unspecified atom stereocenters. The Hall–Kier alpha value is -3.42. The van der Waals surface area contributed by atoms with Gasteiger partial charge in [0.25, 0.3) is 0 Å². The molecule has 8 heteroatoms. The van der Waals surface area contributed by atoms with Gasteiger partial charge in [0, 0.05) is 18.4 Å². The Morgan fingerprint density at radius 3 is 2.47 bits per heavy atom. The van der Waals surface area contributed by atoms with E-state index in [-0.39, 0.29) is 23.9 Å². The molecule has 0 aliphatic heterocycles. The van der Waals surface area contributed by atoms with Gasteiger partial charge in [0.15, 0.2) is 0 Å². The SMILES string of the molecule is C=C(C)C(=O)OCCCC(=O)CCCC[n+]1cc[nH]c1.CCOc1ccccc1C(=O)O. The second-order valence-corrected chi connectivity index (χ2v) is 7.10. The van der Waals surface area contributed by atoms with E-state index in [2.05, 4.69) is 16.1 Å². The summed E-state index contributed by atoms with van der Waals surface area (Å²) in [6.07, 6.45) is 9.28. The standard InChI is InChI=1S/C15H22N2O3.C9H10O3/c1-13(2)15(19)20-11-5-7-14(18)6-3-4-9-17-10-8-16-12-17;1-2-12-8-6-4-3-5-7(8)9(10)11/h8,10,12H,1,3-7,9,11H2,2H3;3-6H,2H2,1H3,(H,10,11)/p+1. The fourth-order valence-electron chi connectivity index (χ4n) is 2.68. The number of hydrogen-bond acceptors (Lipinski definition) is 5. The Kier molecular flexibility index (Phi) is 12.8. The first-order chi connectivity index (χ1) is 15.3. The maximum absolute atomic E-state index is 11.6. The topological polar surface area (TPSA) is 110 Å². The lowest BCUT2D eigenvalue weighted by Crippen LogP contribution is -2.30. The molecule has 0 amide bonds. The number of rotatable bonds is 13. The highest BCUT2D eigenvalue weighted by atomic mass is 16.5. The lowest BCUT2D eigenvalue weighted by Gasteiger charge is -2.05. The van der Waals surface area contributed by atoms with E-state index in [0.717, 1.165) is 19.4 Å². The van der Waals surface area contributed by atoms with Gasteiger partial charge in [0.2, 0.25) is 6.33 Å². The number of aromatic carboxylic acids is 1. The molecule has 0 spiro atoms. The largest absolute Gasteiger partial charge is 0.493 e. The van der Waals surface area contributed by atoms with Gasteiger partial charge < -0.3 is 14.6 Å². The van der Waals surface area contributed by atoms with Gasteiger partial charge in [-0.2, -0.15) is 0 Å². The Morgan fingerprint density at radius 1 is 1.12 bits per heavy atom. The van der Waals surface area contributed by atoms with Crippen LogP contribution in [0.25, 0.3) is 0 Å². The normalized spacial score (nSPS) is 9.94. The van der Waals surface area contributed by atoms with Crippen LogP contribution in [0.15, 0.2) is 55.1 Å². The van der Waals surface area contributed by atoms with Gasteiger partial charge >= 0.3 is 11.9 Å². The third kappa shape index (κ3) is 11.1. The van der Waals surface area contributed by atoms with E-state index in [1.54, 1.807) is 25.1 Å². The summed E-state index contributed by atoms with van der Waals surface area (Å²) >= 11 is 0. The summed E-state index contributed by atoms with van der Waals surface area (Å²) in [7, 11) is 0. The van der Waals surface area contributed by atoms with Crippen LogP contribution < -0.4 is 9.30 Å². The number of aromatic amines is 1. The zero-order valence-electron chi connectivity index (χ0n) is 18.8. The lowest BCUT2D eigenvalue weighted by molar-refractivity contribution is -0.696. The minimum Gasteiger partial charge on any atom is -0.493 e. The van der Waals surface area contributed by atoms with Gasteiger partial charge in [-0.15, -0.1) is 0 Å². The molecule has 2 N–H and O–H groups in total. The third-order valence-corrected chi connectivity index (χ3v) is 4.32. The fraction of sp³-hybridized carbons (Fsp3) is 0.417. The van der Waals surface area contributed by atoms with Crippen molar-refractivity contribution in [2.75, 3.05) is 13.2 Å². The summed E-state index contributed by atoms with van der Waals surface area (Å²) in [5.41, 5.74) is 0.595. The zero-order chi connectivity index (χ0) is 23.8. The number of nitrogens with zero attached hydrogens (tertiary/aromatic N) is 1. The summed E-state index contributed by atoms with van der Waals surface area (Å²) in [4.78, 5) is 36.3. The quantitative estimate of drug-likeness (QED) is 0.210. The molecular weight excluding hydrogens is 412 g/mol. The van der Waals surface area contributed by atoms with Crippen LogP contribution in [0.4, 0.5) is 0 Å². The van der Waals surface area contributed by atoms with Crippen LogP contribution in [0, 0.1) is 0 Å². The molecule has 2 rings (SSSR count). The third-order valence-electron chi connectivity index (χ3n) is 4.32. The van der Waals surface area contributed by atoms with Crippen molar-refractivity contribution in [2.24, 2.45) is 0 Å². The number of Topliss-reactive ketones (excluding diaryl/α,β-unsaturated/α-hetero) is 1. The van der Waals surface area contributed by atoms with Crippen LogP contribution in [0.5, 0.6) is 5.75 Å². The molecule has 2 aromatic rings. The number of benzene rings is 1. The maximum Gasteiger partial charge on any atom is 0.339 e. The molecule has 0 fully saturated rings. The molecule has 1 aromatic carbocycles. The molecular formula is C24H33N2O6+. The van der Waals surface area contributed by atoms with Gasteiger partial charge in [0.05, 0.1) is 19.8 Å². The minimum atomic E-state index is -0.959. The second-order valence-electron chi connectivity index (χ2n) is 7.10. The van der Waals surface area contributed by atoms with Crippen LogP contribution in [0.1, 0.15) is 56.3 Å². The van der Waals surface area contributed by atoms with Gasteiger partial charge in [-0.3, -0.25) is 9.78 Å². The van der Waals surface area contributed by atoms with E-state index < -0.39 is 5.97 Å². The molecule has 0 atom stereocenters. The highest BCUT2D eigenvalue weighted by Gasteiger charge is 2.08. The number of ketones is 1. The van der Waals surface area contributed by atoms with Crippen molar-refractivity contribution in [2.45, 2.75) is 52.5 Å². The van der Waals surface area contributed by atoms with Gasteiger partial charge in [-0.05, 0) is 45.2 Å². The van der Waals surface area contributed by atoms with Gasteiger partial charge in [0.1, 0.15) is 29.5 Å². The molecule has 0 aliphatic rings. The number of carboxylic acid groups (broad SMARTS) is 1. The number of carbonyl (C=O) groups is 3. The number of ether oxygens (including phenoxy) is 2. The molecule has 0 bridgehead atoms. The maximum atomic E-state index is 11.6. The molecule has 1 heterocycles. The average Bonchev–Trinajstić information content (AvgIpc) is 3.28. The van der Waals surface area contributed by atoms with Crippen LogP contribution in [-0.4, -0.2) is 41.0 Å². The van der Waals surface area contributed by atoms with E-state index in [1.165, 1.54) is 6.07 Å². The summed E-state index contributed by atoms with van der Waals surface area (Å²) in [6.45, 7) is 8.61. The van der Waals surface area contributed by atoms with E-state index in [1.807, 2.05) is 25.6 Å². The molecule has 1 aromatic heterocycles. The molecule has 0 aliphatic carbocycles. The molecule has 32 heavy (non-hydrogen) atoms. The van der Waals surface area contributed by atoms with Crippen molar-refractivity contribution < 1.29 is 33.5 Å². The number of carbonyl (C=O) groups excluding carboxylic acids is 2. The highest BCUT2D eigenvalue weighted by Crippen LogP contribution is 2.17. The number of H-pyrrole nitrogens is 1. The van der Waals surface area contributed by atoms with Gasteiger partial charge in [-0.1, -0.05) is 18.7 Å². The Balaban J connectivity index is 0.000000363. The monoisotopic (exact) mass is 445 g/mol. The molecule has 0 saturated heterocycles. The lowest BCUT2D eigenvalue weighted by atomic mass is 10.1. The number of imidazole rings is 1. The number of esters is 1. The predicted octanol–water partition coefficient (Wildman–Crippen LogP) is 3.72. The summed E-state index contributed by atoms with van der Waals surface area (Å²) in [6, 6.07) is 6.59. The molecule has 8 nitrogen and oxygen atoms in total. The predicted molar refractivity (Wildman–Crippen MR) is 119 cm³/mol. The van der Waals surface area contributed by atoms with Crippen LogP contribution >= 0.6 is 0 Å². The molecule has 174 valence electrons. The Labute approximate surface area is 188 Å². The highest BCUT2D eigenvalue weighted by molar-refractivity contribution is 5.90. The van der Waals surface area contributed by atoms with Crippen molar-refractivity contribution in [3.63, 3.8) is 0 Å². The first-order valence-corrected chi connectivity index (χ1v) is 10.7. The number of aryl methyl sites for hydroxylation is 1. The van der Waals surface area contributed by atoms with Crippen molar-refractivity contribution >= 4 is 17.7 Å². The number of aromatic nitrogens is 2. The van der Waals surface area contributed by atoms with Crippen LogP contribution in [0.2, 0.25) is 0 Å². The van der Waals surface area contributed by atoms with E-state index >= 15 is 0 Å². The molecule has 0 saturated carbocycles. The fourth-order valence-corrected chi connectivity index (χ4v) is 2.68. The van der Waals surface area contributed by atoms with Crippen molar-refractivity contribution in [1.82, 2.24) is 4.98 Å². The van der Waals surface area contributed by atoms with E-state index in [9.17, 15) is 14.4 Å². The van der Waals surface area contributed by atoms with Gasteiger partial charge in [-0.25, -0.2) is 14.2 Å². The second kappa shape index (κ2) is 15.4. The minimum absolute atomic E-state index is 0.208. The van der Waals surface area contributed by atoms with E-state index in [0.29, 0.717) is 37.2 Å². The Bertz CT molecular complexity index is 861. The van der Waals surface area contributed by atoms with Crippen molar-refractivity contribution in [3.8, 4) is 5.75 Å². The number of unbranched alkanes of at least 4 members (excludes halogenated alkanes) is 1. The molecule has 0 radical (unpaired) electrons. The number of para-hydroxylation sites is 1. The number of hydrogen-bond donors (Lipinski definition) is 2. The summed E-state index contributed by atoms with van der Waals surface area (Å²) < 4.78 is 12.1. The smallest absolute Gasteiger partial charge is 0.339 e. The summed E-state index contributed by atoms with van der Waals surface area (Å²) in [5.74, 6) is -0.692. The van der Waals surface area contributed by atoms with Crippen molar-refractivity contribution in [3.05, 3.63) is 60.7 Å². The zero-order valence-corrected chi connectivity index (χ0v) is 18.8.